The molecule has 2 N–H and O–H groups in total. The van der Waals surface area contributed by atoms with Gasteiger partial charge in [0.05, 0.1) is 0 Å². The maximum Gasteiger partial charge on any atom is 0.282 e. The molecule has 1 spiro atoms. The van der Waals surface area contributed by atoms with Crippen molar-refractivity contribution in [2.45, 2.75) is 31.2 Å². The van der Waals surface area contributed by atoms with Crippen LogP contribution in [0.25, 0.3) is 0 Å². The minimum atomic E-state index is 0.118. The molecular weight excluding hydrogens is 152 g/mol. The van der Waals surface area contributed by atoms with Crippen LogP contribution in [0.2, 0.25) is 0 Å². The lowest BCUT2D eigenvalue weighted by Gasteiger charge is -2.28. The van der Waals surface area contributed by atoms with Gasteiger partial charge in [-0.3, -0.25) is 0 Å². The van der Waals surface area contributed by atoms with Gasteiger partial charge in [-0.25, -0.2) is 4.99 Å². The third-order valence-electron chi connectivity index (χ3n) is 3.75. The first-order chi connectivity index (χ1) is 5.78. The van der Waals surface area contributed by atoms with Gasteiger partial charge in [0.15, 0.2) is 0 Å². The molecule has 0 aromatic heterocycles. The Kier molecular flexibility index (Phi) is 1.10. The molecule has 3 heteroatoms. The molecule has 2 bridgehead atoms. The van der Waals surface area contributed by atoms with Crippen LogP contribution < -0.4 is 5.73 Å². The largest absolute Gasteiger partial charge is 0.463 e. The maximum atomic E-state index is 5.55. The third kappa shape index (κ3) is 0.692. The van der Waals surface area contributed by atoms with Gasteiger partial charge < -0.3 is 10.5 Å². The first kappa shape index (κ1) is 6.75. The van der Waals surface area contributed by atoms with Crippen LogP contribution >= 0.6 is 0 Å². The van der Waals surface area contributed by atoms with Crippen molar-refractivity contribution in [3.05, 3.63) is 0 Å². The summed E-state index contributed by atoms with van der Waals surface area (Å²) in [4.78, 5) is 4.47. The molecule has 0 radical (unpaired) electrons. The lowest BCUT2D eigenvalue weighted by Crippen LogP contribution is -2.34. The van der Waals surface area contributed by atoms with Crippen molar-refractivity contribution >= 4 is 6.02 Å². The van der Waals surface area contributed by atoms with E-state index in [1.165, 1.54) is 25.7 Å². The topological polar surface area (TPSA) is 47.6 Å². The summed E-state index contributed by atoms with van der Waals surface area (Å²) in [6.45, 7) is 0.750. The zero-order valence-electron chi connectivity index (χ0n) is 7.12. The Labute approximate surface area is 72.0 Å². The van der Waals surface area contributed by atoms with E-state index in [0.29, 0.717) is 6.02 Å². The highest BCUT2D eigenvalue weighted by Gasteiger charge is 2.53. The van der Waals surface area contributed by atoms with Crippen LogP contribution in [-0.4, -0.2) is 18.2 Å². The molecule has 3 aliphatic rings. The van der Waals surface area contributed by atoms with Crippen molar-refractivity contribution in [3.8, 4) is 0 Å². The zero-order valence-corrected chi connectivity index (χ0v) is 7.12. The van der Waals surface area contributed by atoms with Crippen molar-refractivity contribution in [1.29, 1.82) is 0 Å². The third-order valence-corrected chi connectivity index (χ3v) is 3.75. The molecule has 1 aliphatic heterocycles. The smallest absolute Gasteiger partial charge is 0.282 e. The minimum absolute atomic E-state index is 0.118. The van der Waals surface area contributed by atoms with Gasteiger partial charge in [0.1, 0.15) is 12.1 Å². The number of hydrogen-bond donors (Lipinski definition) is 1. The van der Waals surface area contributed by atoms with Gasteiger partial charge in [0.2, 0.25) is 0 Å². The van der Waals surface area contributed by atoms with Crippen molar-refractivity contribution in [3.63, 3.8) is 0 Å². The number of aliphatic imine (C=N–C) groups is 1. The number of ether oxygens (including phenoxy) is 1. The summed E-state index contributed by atoms with van der Waals surface area (Å²) in [6.07, 6.45) is 5.32. The first-order valence-electron chi connectivity index (χ1n) is 4.77. The van der Waals surface area contributed by atoms with Gasteiger partial charge in [0.25, 0.3) is 6.02 Å². The fourth-order valence-corrected chi connectivity index (χ4v) is 3.21. The molecule has 2 aliphatic carbocycles. The predicted molar refractivity (Wildman–Crippen MR) is 45.8 cm³/mol. The van der Waals surface area contributed by atoms with Crippen molar-refractivity contribution in [1.82, 2.24) is 0 Å². The van der Waals surface area contributed by atoms with Crippen LogP contribution in [0.4, 0.5) is 0 Å². The van der Waals surface area contributed by atoms with Gasteiger partial charge in [-0.1, -0.05) is 0 Å². The van der Waals surface area contributed by atoms with Crippen LogP contribution in [0.5, 0.6) is 0 Å². The Bertz CT molecular complexity index is 251. The predicted octanol–water partition coefficient (Wildman–Crippen LogP) is 0.890. The highest BCUT2D eigenvalue weighted by atomic mass is 16.5. The van der Waals surface area contributed by atoms with Crippen LogP contribution in [-0.2, 0) is 4.74 Å². The standard InChI is InChI=1S/C9H14N2O/c10-8-11-9(5-12-8)4-6-1-2-7(9)3-6/h6-7H,1-5H2,(H2,10,11). The molecule has 12 heavy (non-hydrogen) atoms. The molecule has 66 valence electrons. The summed E-state index contributed by atoms with van der Waals surface area (Å²) < 4.78 is 5.27. The highest BCUT2D eigenvalue weighted by molar-refractivity contribution is 5.74. The van der Waals surface area contributed by atoms with Crippen LogP contribution in [0.1, 0.15) is 25.7 Å². The fourth-order valence-electron chi connectivity index (χ4n) is 3.21. The number of amidine groups is 1. The van der Waals surface area contributed by atoms with Crippen molar-refractivity contribution in [2.75, 3.05) is 6.61 Å². The molecule has 3 unspecified atom stereocenters. The normalized spacial score (nSPS) is 49.8. The fraction of sp³-hybridized carbons (Fsp3) is 0.889. The van der Waals surface area contributed by atoms with E-state index in [2.05, 4.69) is 4.99 Å². The summed E-state index contributed by atoms with van der Waals surface area (Å²) >= 11 is 0. The van der Waals surface area contributed by atoms with Gasteiger partial charge in [-0.05, 0) is 37.5 Å². The number of nitrogens with zero attached hydrogens (tertiary/aromatic N) is 1. The average Bonchev–Trinajstić information content (AvgIpc) is 2.67. The maximum absolute atomic E-state index is 5.55. The lowest BCUT2D eigenvalue weighted by molar-refractivity contribution is 0.191. The monoisotopic (exact) mass is 166 g/mol. The molecule has 3 atom stereocenters. The summed E-state index contributed by atoms with van der Waals surface area (Å²) in [5, 5.41) is 0. The summed E-state index contributed by atoms with van der Waals surface area (Å²) in [6, 6.07) is 0.419. The molecule has 0 aromatic carbocycles. The first-order valence-corrected chi connectivity index (χ1v) is 4.77. The Hall–Kier alpha value is -0.730. The Morgan fingerprint density at radius 3 is 2.92 bits per heavy atom. The van der Waals surface area contributed by atoms with E-state index in [-0.39, 0.29) is 5.54 Å². The van der Waals surface area contributed by atoms with E-state index in [1.807, 2.05) is 0 Å². The Morgan fingerprint density at radius 1 is 1.50 bits per heavy atom. The quantitative estimate of drug-likeness (QED) is 0.581. The molecule has 2 saturated carbocycles. The average molecular weight is 166 g/mol. The summed E-state index contributed by atoms with van der Waals surface area (Å²) in [7, 11) is 0. The Balaban J connectivity index is 1.93. The van der Waals surface area contributed by atoms with E-state index < -0.39 is 0 Å². The van der Waals surface area contributed by atoms with Crippen LogP contribution in [0.3, 0.4) is 0 Å². The molecule has 2 fully saturated rings. The van der Waals surface area contributed by atoms with Gasteiger partial charge in [-0.15, -0.1) is 0 Å². The lowest BCUT2D eigenvalue weighted by atomic mass is 9.82. The SMILES string of the molecule is NC1=NC2(CO1)CC1CCC2C1. The van der Waals surface area contributed by atoms with E-state index in [0.717, 1.165) is 18.4 Å². The molecule has 1 heterocycles. The second kappa shape index (κ2) is 1.95. The molecule has 3 nitrogen and oxygen atoms in total. The number of nitrogens with two attached hydrogens (primary N) is 1. The molecular formula is C9H14N2O. The van der Waals surface area contributed by atoms with Crippen LogP contribution in [0, 0.1) is 11.8 Å². The minimum Gasteiger partial charge on any atom is -0.463 e. The van der Waals surface area contributed by atoms with Crippen molar-refractivity contribution in [2.24, 2.45) is 22.6 Å². The Morgan fingerprint density at radius 2 is 2.42 bits per heavy atom. The molecule has 0 saturated heterocycles. The molecule has 0 amide bonds. The summed E-state index contributed by atoms with van der Waals surface area (Å²) in [5.74, 6) is 1.68. The number of rotatable bonds is 0. The van der Waals surface area contributed by atoms with E-state index in [1.54, 1.807) is 0 Å². The summed E-state index contributed by atoms with van der Waals surface area (Å²) in [5.41, 5.74) is 5.67. The number of hydrogen-bond acceptors (Lipinski definition) is 3. The van der Waals surface area contributed by atoms with Crippen LogP contribution in [0.15, 0.2) is 4.99 Å². The number of fused-ring (bicyclic) bond motifs is 3. The molecule has 3 rings (SSSR count). The molecule has 0 aromatic rings. The highest BCUT2D eigenvalue weighted by Crippen LogP contribution is 2.53. The van der Waals surface area contributed by atoms with Crippen molar-refractivity contribution < 1.29 is 4.74 Å². The van der Waals surface area contributed by atoms with E-state index in [4.69, 9.17) is 10.5 Å². The van der Waals surface area contributed by atoms with E-state index in [9.17, 15) is 0 Å². The van der Waals surface area contributed by atoms with Gasteiger partial charge in [-0.2, -0.15) is 0 Å². The van der Waals surface area contributed by atoms with E-state index >= 15 is 0 Å². The van der Waals surface area contributed by atoms with Gasteiger partial charge >= 0.3 is 0 Å². The second-order valence-corrected chi connectivity index (χ2v) is 4.42. The zero-order chi connectivity index (χ0) is 8.18. The van der Waals surface area contributed by atoms with Gasteiger partial charge in [0, 0.05) is 0 Å². The second-order valence-electron chi connectivity index (χ2n) is 4.42.